The highest BCUT2D eigenvalue weighted by atomic mass is 16.2. The van der Waals surface area contributed by atoms with Gasteiger partial charge in [-0.1, -0.05) is 19.1 Å². The number of carbonyl (C=O) groups is 1. The molecular weight excluding hydrogens is 242 g/mol. The third-order valence-electron chi connectivity index (χ3n) is 2.87. The quantitative estimate of drug-likeness (QED) is 0.881. The molecule has 2 N–H and O–H groups in total. The van der Waals surface area contributed by atoms with Crippen molar-refractivity contribution in [3.63, 3.8) is 0 Å². The van der Waals surface area contributed by atoms with Gasteiger partial charge in [0.05, 0.1) is 0 Å². The molecule has 2 aromatic rings. The third kappa shape index (κ3) is 3.07. The molecule has 2 rings (SSSR count). The summed E-state index contributed by atoms with van der Waals surface area (Å²) in [6.07, 6.45) is 0.903. The molecule has 0 spiro atoms. The summed E-state index contributed by atoms with van der Waals surface area (Å²) < 4.78 is 0. The molecule has 1 heterocycles. The van der Waals surface area contributed by atoms with Gasteiger partial charge in [-0.3, -0.25) is 9.59 Å². The molecule has 0 aliphatic heterocycles. The van der Waals surface area contributed by atoms with Gasteiger partial charge in [-0.2, -0.15) is 5.10 Å². The van der Waals surface area contributed by atoms with E-state index in [1.807, 2.05) is 25.1 Å². The van der Waals surface area contributed by atoms with E-state index in [0.29, 0.717) is 0 Å². The summed E-state index contributed by atoms with van der Waals surface area (Å²) in [5.41, 5.74) is 2.74. The van der Waals surface area contributed by atoms with Crippen molar-refractivity contribution < 1.29 is 4.79 Å². The maximum Gasteiger partial charge on any atom is 0.276 e. The van der Waals surface area contributed by atoms with E-state index in [4.69, 9.17) is 0 Å². The van der Waals surface area contributed by atoms with Crippen molar-refractivity contribution >= 4 is 11.6 Å². The minimum atomic E-state index is -0.340. The maximum atomic E-state index is 12.0. The average Bonchev–Trinajstić information content (AvgIpc) is 2.42. The Kier molecular flexibility index (Phi) is 3.75. The van der Waals surface area contributed by atoms with E-state index < -0.39 is 0 Å². The maximum absolute atomic E-state index is 12.0. The minimum absolute atomic E-state index is 0.181. The Hall–Kier alpha value is -2.43. The number of carbonyl (C=O) groups excluding carboxylic acids is 1. The van der Waals surface area contributed by atoms with Gasteiger partial charge in [0.2, 0.25) is 0 Å². The van der Waals surface area contributed by atoms with Crippen molar-refractivity contribution in [2.24, 2.45) is 0 Å². The zero-order valence-corrected chi connectivity index (χ0v) is 10.9. The number of nitrogens with one attached hydrogen (secondary N) is 2. The Morgan fingerprint density at radius 2 is 2.11 bits per heavy atom. The van der Waals surface area contributed by atoms with Crippen LogP contribution in [0.4, 0.5) is 5.69 Å². The van der Waals surface area contributed by atoms with Crippen LogP contribution in [0.5, 0.6) is 0 Å². The van der Waals surface area contributed by atoms with E-state index in [1.165, 1.54) is 12.1 Å². The van der Waals surface area contributed by atoms with E-state index in [-0.39, 0.29) is 17.2 Å². The molecule has 5 nitrogen and oxygen atoms in total. The Balaban J connectivity index is 2.23. The first-order valence-corrected chi connectivity index (χ1v) is 6.06. The van der Waals surface area contributed by atoms with Crippen molar-refractivity contribution in [2.45, 2.75) is 20.3 Å². The van der Waals surface area contributed by atoms with Crippen LogP contribution in [0.25, 0.3) is 0 Å². The number of hydrogen-bond acceptors (Lipinski definition) is 3. The van der Waals surface area contributed by atoms with Crippen LogP contribution in [0.3, 0.4) is 0 Å². The molecule has 0 aliphatic carbocycles. The first-order chi connectivity index (χ1) is 9.10. The monoisotopic (exact) mass is 257 g/mol. The second-order valence-electron chi connectivity index (χ2n) is 4.26. The molecule has 0 fully saturated rings. The van der Waals surface area contributed by atoms with Crippen molar-refractivity contribution in [1.82, 2.24) is 10.2 Å². The molecule has 98 valence electrons. The lowest BCUT2D eigenvalue weighted by atomic mass is 10.1. The molecule has 0 bridgehead atoms. The van der Waals surface area contributed by atoms with Crippen LogP contribution >= 0.6 is 0 Å². The zero-order chi connectivity index (χ0) is 13.8. The summed E-state index contributed by atoms with van der Waals surface area (Å²) in [6.45, 7) is 3.98. The summed E-state index contributed by atoms with van der Waals surface area (Å²) in [4.78, 5) is 22.9. The largest absolute Gasteiger partial charge is 0.320 e. The molecule has 1 amide bonds. The molecule has 1 aromatic carbocycles. The van der Waals surface area contributed by atoms with Crippen molar-refractivity contribution in [2.75, 3.05) is 5.32 Å². The third-order valence-corrected chi connectivity index (χ3v) is 2.87. The Morgan fingerprint density at radius 1 is 1.32 bits per heavy atom. The van der Waals surface area contributed by atoms with Crippen molar-refractivity contribution in [3.05, 3.63) is 57.5 Å². The van der Waals surface area contributed by atoms with Crippen LogP contribution in [0, 0.1) is 6.92 Å². The first kappa shape index (κ1) is 13.0. The number of amides is 1. The number of aryl methyl sites for hydroxylation is 2. The van der Waals surface area contributed by atoms with Gasteiger partial charge >= 0.3 is 0 Å². The number of rotatable bonds is 3. The van der Waals surface area contributed by atoms with Gasteiger partial charge in [-0.05, 0) is 36.6 Å². The van der Waals surface area contributed by atoms with Crippen LogP contribution in [-0.2, 0) is 6.42 Å². The fourth-order valence-electron chi connectivity index (χ4n) is 1.68. The summed E-state index contributed by atoms with van der Waals surface area (Å²) in [5.74, 6) is -0.340. The zero-order valence-electron chi connectivity index (χ0n) is 10.9. The van der Waals surface area contributed by atoms with Crippen LogP contribution in [0.15, 0.2) is 35.1 Å². The van der Waals surface area contributed by atoms with E-state index >= 15 is 0 Å². The highest BCUT2D eigenvalue weighted by molar-refractivity contribution is 6.03. The predicted molar refractivity (Wildman–Crippen MR) is 73.4 cm³/mol. The summed E-state index contributed by atoms with van der Waals surface area (Å²) >= 11 is 0. The van der Waals surface area contributed by atoms with Gasteiger partial charge < -0.3 is 5.32 Å². The molecule has 0 radical (unpaired) electrons. The topological polar surface area (TPSA) is 74.8 Å². The second-order valence-corrected chi connectivity index (χ2v) is 4.26. The number of H-pyrrole nitrogens is 1. The SMILES string of the molecule is CCc1ccc(C)c(NC(=O)c2ccc(=O)[nH]n2)c1. The Morgan fingerprint density at radius 3 is 2.74 bits per heavy atom. The molecular formula is C14H15N3O2. The number of aromatic amines is 1. The summed E-state index contributed by atoms with van der Waals surface area (Å²) in [6, 6.07) is 8.61. The fourth-order valence-corrected chi connectivity index (χ4v) is 1.68. The molecule has 0 aliphatic rings. The lowest BCUT2D eigenvalue weighted by molar-refractivity contribution is 0.102. The van der Waals surface area contributed by atoms with E-state index in [0.717, 1.165) is 23.2 Å². The van der Waals surface area contributed by atoms with E-state index in [2.05, 4.69) is 22.4 Å². The Labute approximate surface area is 110 Å². The standard InChI is InChI=1S/C14H15N3O2/c1-3-10-5-4-9(2)12(8-10)15-14(19)11-6-7-13(18)17-16-11/h4-8H,3H2,1-2H3,(H,15,19)(H,17,18). The summed E-state index contributed by atoms with van der Waals surface area (Å²) in [7, 11) is 0. The van der Waals surface area contributed by atoms with Crippen molar-refractivity contribution in [3.8, 4) is 0 Å². The number of hydrogen-bond donors (Lipinski definition) is 2. The summed E-state index contributed by atoms with van der Waals surface area (Å²) in [5, 5.41) is 8.73. The van der Waals surface area contributed by atoms with E-state index in [1.54, 1.807) is 0 Å². The first-order valence-electron chi connectivity index (χ1n) is 6.06. The molecule has 0 atom stereocenters. The van der Waals surface area contributed by atoms with Gasteiger partial charge in [0.15, 0.2) is 0 Å². The van der Waals surface area contributed by atoms with Crippen LogP contribution in [-0.4, -0.2) is 16.1 Å². The second kappa shape index (κ2) is 5.48. The lowest BCUT2D eigenvalue weighted by Gasteiger charge is -2.09. The van der Waals surface area contributed by atoms with Crippen LogP contribution in [0.2, 0.25) is 0 Å². The number of anilines is 1. The molecule has 0 unspecified atom stereocenters. The van der Waals surface area contributed by atoms with Gasteiger partial charge in [0.1, 0.15) is 5.69 Å². The number of nitrogens with zero attached hydrogens (tertiary/aromatic N) is 1. The smallest absolute Gasteiger partial charge is 0.276 e. The molecule has 0 saturated heterocycles. The predicted octanol–water partition coefficient (Wildman–Crippen LogP) is 1.89. The van der Waals surface area contributed by atoms with Gasteiger partial charge in [0, 0.05) is 11.8 Å². The number of aromatic nitrogens is 2. The van der Waals surface area contributed by atoms with Crippen LogP contribution in [0.1, 0.15) is 28.5 Å². The van der Waals surface area contributed by atoms with Gasteiger partial charge in [-0.25, -0.2) is 5.10 Å². The highest BCUT2D eigenvalue weighted by Crippen LogP contribution is 2.17. The fraction of sp³-hybridized carbons (Fsp3) is 0.214. The van der Waals surface area contributed by atoms with Gasteiger partial charge in [-0.15, -0.1) is 0 Å². The van der Waals surface area contributed by atoms with E-state index in [9.17, 15) is 9.59 Å². The van der Waals surface area contributed by atoms with Crippen molar-refractivity contribution in [1.29, 1.82) is 0 Å². The van der Waals surface area contributed by atoms with Gasteiger partial charge in [0.25, 0.3) is 11.5 Å². The lowest BCUT2D eigenvalue weighted by Crippen LogP contribution is -2.18. The normalized spacial score (nSPS) is 10.2. The molecule has 19 heavy (non-hydrogen) atoms. The minimum Gasteiger partial charge on any atom is -0.320 e. The number of benzene rings is 1. The highest BCUT2D eigenvalue weighted by Gasteiger charge is 2.09. The average molecular weight is 257 g/mol. The van der Waals surface area contributed by atoms with Crippen LogP contribution < -0.4 is 10.9 Å². The molecule has 0 saturated carbocycles. The molecule has 5 heteroatoms. The Bertz CT molecular complexity index is 641. The molecule has 1 aromatic heterocycles.